The minimum atomic E-state index is -0.406. The van der Waals surface area contributed by atoms with E-state index >= 15 is 0 Å². The molecule has 8 nitrogen and oxygen atoms in total. The zero-order valence-electron chi connectivity index (χ0n) is 14.9. The average molecular weight is 368 g/mol. The third-order valence-electron chi connectivity index (χ3n) is 5.55. The summed E-state index contributed by atoms with van der Waals surface area (Å²) >= 11 is 0. The van der Waals surface area contributed by atoms with Gasteiger partial charge in [-0.3, -0.25) is 10.1 Å². The van der Waals surface area contributed by atoms with E-state index < -0.39 is 4.92 Å². The second-order valence-corrected chi connectivity index (χ2v) is 7.34. The van der Waals surface area contributed by atoms with Crippen molar-refractivity contribution in [1.82, 2.24) is 9.97 Å². The molecule has 3 aliphatic rings. The molecule has 2 fully saturated rings. The van der Waals surface area contributed by atoms with Crippen molar-refractivity contribution < 1.29 is 14.4 Å². The van der Waals surface area contributed by atoms with Crippen LogP contribution in [0.15, 0.2) is 24.3 Å². The second-order valence-electron chi connectivity index (χ2n) is 7.34. The fraction of sp³-hybridized carbons (Fsp3) is 0.474. The molecule has 2 aliphatic heterocycles. The third kappa shape index (κ3) is 2.99. The maximum absolute atomic E-state index is 10.9. The van der Waals surface area contributed by atoms with E-state index in [0.29, 0.717) is 24.9 Å². The molecular formula is C19H20N4O4. The van der Waals surface area contributed by atoms with Gasteiger partial charge in [0.25, 0.3) is 5.69 Å². The number of rotatable bonds is 3. The Morgan fingerprint density at radius 1 is 1.07 bits per heavy atom. The molecule has 0 N–H and O–H groups in total. The van der Waals surface area contributed by atoms with Crippen molar-refractivity contribution >= 4 is 11.5 Å². The van der Waals surface area contributed by atoms with Crippen LogP contribution in [-0.2, 0) is 11.2 Å². The van der Waals surface area contributed by atoms with Crippen molar-refractivity contribution in [3.05, 3.63) is 39.9 Å². The molecule has 0 atom stereocenters. The van der Waals surface area contributed by atoms with Crippen LogP contribution in [-0.4, -0.2) is 46.8 Å². The van der Waals surface area contributed by atoms with Crippen molar-refractivity contribution in [2.45, 2.75) is 31.3 Å². The highest BCUT2D eigenvalue weighted by atomic mass is 16.6. The van der Waals surface area contributed by atoms with Crippen molar-refractivity contribution in [1.29, 1.82) is 0 Å². The van der Waals surface area contributed by atoms with Gasteiger partial charge in [-0.15, -0.1) is 0 Å². The minimum absolute atomic E-state index is 0.0314. The van der Waals surface area contributed by atoms with Gasteiger partial charge in [-0.25, -0.2) is 4.98 Å². The van der Waals surface area contributed by atoms with E-state index in [0.717, 1.165) is 55.7 Å². The summed E-state index contributed by atoms with van der Waals surface area (Å²) in [7, 11) is 0. The van der Waals surface area contributed by atoms with Gasteiger partial charge in [0.2, 0.25) is 5.88 Å². The molecule has 5 rings (SSSR count). The third-order valence-corrected chi connectivity index (χ3v) is 5.55. The fourth-order valence-electron chi connectivity index (χ4n) is 3.75. The monoisotopic (exact) mass is 368 g/mol. The number of non-ortho nitro benzene ring substituents is 1. The van der Waals surface area contributed by atoms with Gasteiger partial charge in [-0.2, -0.15) is 4.98 Å². The summed E-state index contributed by atoms with van der Waals surface area (Å²) in [5.41, 5.74) is 1.84. The molecule has 0 bridgehead atoms. The van der Waals surface area contributed by atoms with E-state index in [2.05, 4.69) is 9.88 Å². The Kier molecular flexibility index (Phi) is 3.75. The van der Waals surface area contributed by atoms with Crippen molar-refractivity contribution in [3.63, 3.8) is 0 Å². The molecule has 1 aromatic carbocycles. The predicted octanol–water partition coefficient (Wildman–Crippen LogP) is 2.75. The van der Waals surface area contributed by atoms with Gasteiger partial charge in [0.05, 0.1) is 23.7 Å². The number of nitrogens with zero attached hydrogens (tertiary/aromatic N) is 4. The Bertz CT molecular complexity index is 889. The average Bonchev–Trinajstić information content (AvgIpc) is 3.46. The van der Waals surface area contributed by atoms with E-state index in [1.807, 2.05) is 0 Å². The molecule has 27 heavy (non-hydrogen) atoms. The number of nitro benzene ring substituents is 1. The number of hydrogen-bond donors (Lipinski definition) is 0. The van der Waals surface area contributed by atoms with E-state index in [1.54, 1.807) is 12.1 Å². The highest BCUT2D eigenvalue weighted by molar-refractivity contribution is 5.64. The number of ether oxygens (including phenoxy) is 2. The van der Waals surface area contributed by atoms with Crippen LogP contribution in [0.4, 0.5) is 11.5 Å². The van der Waals surface area contributed by atoms with Crippen LogP contribution >= 0.6 is 0 Å². The number of aromatic nitrogens is 2. The lowest BCUT2D eigenvalue weighted by Crippen LogP contribution is -2.38. The molecule has 1 saturated carbocycles. The first kappa shape index (κ1) is 16.4. The first-order chi connectivity index (χ1) is 13.1. The molecule has 140 valence electrons. The summed E-state index contributed by atoms with van der Waals surface area (Å²) in [5.74, 6) is 2.12. The number of morpholine rings is 1. The van der Waals surface area contributed by atoms with Gasteiger partial charge in [-0.1, -0.05) is 0 Å². The fourth-order valence-corrected chi connectivity index (χ4v) is 3.75. The van der Waals surface area contributed by atoms with Gasteiger partial charge in [-0.05, 0) is 37.8 Å². The Labute approximate surface area is 156 Å². The molecule has 0 unspecified atom stereocenters. The molecular weight excluding hydrogens is 348 g/mol. The summed E-state index contributed by atoms with van der Waals surface area (Å²) < 4.78 is 11.7. The molecule has 1 spiro atoms. The molecule has 1 saturated heterocycles. The van der Waals surface area contributed by atoms with E-state index in [1.165, 1.54) is 12.1 Å². The summed E-state index contributed by atoms with van der Waals surface area (Å²) in [6, 6.07) is 6.35. The molecule has 8 heteroatoms. The number of fused-ring (bicyclic) bond motifs is 1. The lowest BCUT2D eigenvalue weighted by molar-refractivity contribution is -0.384. The number of benzene rings is 1. The van der Waals surface area contributed by atoms with Crippen LogP contribution in [0.5, 0.6) is 5.88 Å². The van der Waals surface area contributed by atoms with Crippen molar-refractivity contribution in [2.75, 3.05) is 31.2 Å². The molecule has 1 aliphatic carbocycles. The highest BCUT2D eigenvalue weighted by Crippen LogP contribution is 2.49. The van der Waals surface area contributed by atoms with E-state index in [-0.39, 0.29) is 11.3 Å². The zero-order valence-corrected chi connectivity index (χ0v) is 14.9. The second kappa shape index (κ2) is 6.16. The van der Waals surface area contributed by atoms with Crippen molar-refractivity contribution in [3.8, 4) is 17.3 Å². The van der Waals surface area contributed by atoms with Gasteiger partial charge in [0.15, 0.2) is 5.82 Å². The largest absolute Gasteiger partial charge is 0.471 e. The van der Waals surface area contributed by atoms with Crippen LogP contribution < -0.4 is 9.64 Å². The molecule has 3 heterocycles. The Morgan fingerprint density at radius 3 is 2.48 bits per heavy atom. The van der Waals surface area contributed by atoms with Gasteiger partial charge < -0.3 is 14.4 Å². The maximum atomic E-state index is 10.9. The topological polar surface area (TPSA) is 90.6 Å². The van der Waals surface area contributed by atoms with E-state index in [4.69, 9.17) is 14.5 Å². The maximum Gasteiger partial charge on any atom is 0.269 e. The van der Waals surface area contributed by atoms with E-state index in [9.17, 15) is 10.1 Å². The summed E-state index contributed by atoms with van der Waals surface area (Å²) in [5, 5.41) is 10.9. The minimum Gasteiger partial charge on any atom is -0.471 e. The van der Waals surface area contributed by atoms with Gasteiger partial charge in [0, 0.05) is 30.8 Å². The van der Waals surface area contributed by atoms with Gasteiger partial charge >= 0.3 is 0 Å². The van der Waals surface area contributed by atoms with Crippen LogP contribution in [0.3, 0.4) is 0 Å². The molecule has 0 radical (unpaired) electrons. The number of nitro groups is 1. The quantitative estimate of drug-likeness (QED) is 0.608. The smallest absolute Gasteiger partial charge is 0.269 e. The molecule has 1 aromatic heterocycles. The summed E-state index contributed by atoms with van der Waals surface area (Å²) in [4.78, 5) is 22.3. The molecule has 2 aromatic rings. The zero-order chi connectivity index (χ0) is 18.4. The lowest BCUT2D eigenvalue weighted by atomic mass is 10.0. The molecule has 0 amide bonds. The number of anilines is 1. The van der Waals surface area contributed by atoms with Crippen LogP contribution in [0.2, 0.25) is 0 Å². The normalized spacial score (nSPS) is 20.1. The Hall–Kier alpha value is -2.74. The highest BCUT2D eigenvalue weighted by Gasteiger charge is 2.48. The SMILES string of the molecule is O=[N+]([O-])c1ccc(-c2nc3c(c(N4CCOCC4)n2)CCC2(CC2)O3)cc1. The van der Waals surface area contributed by atoms with Crippen molar-refractivity contribution in [2.24, 2.45) is 0 Å². The standard InChI is InChI=1S/C19H20N4O4/c24-23(25)14-3-1-13(2-4-14)16-20-17(22-9-11-26-12-10-22)15-5-6-19(7-8-19)27-18(15)21-16/h1-4H,5-12H2. The van der Waals surface area contributed by atoms with Crippen LogP contribution in [0.1, 0.15) is 24.8 Å². The number of hydrogen-bond acceptors (Lipinski definition) is 7. The lowest BCUT2D eigenvalue weighted by Gasteiger charge is -2.33. The summed E-state index contributed by atoms with van der Waals surface area (Å²) in [6.07, 6.45) is 4.09. The first-order valence-electron chi connectivity index (χ1n) is 9.31. The summed E-state index contributed by atoms with van der Waals surface area (Å²) in [6.45, 7) is 2.93. The van der Waals surface area contributed by atoms with Crippen LogP contribution in [0, 0.1) is 10.1 Å². The van der Waals surface area contributed by atoms with Crippen LogP contribution in [0.25, 0.3) is 11.4 Å². The van der Waals surface area contributed by atoms with Gasteiger partial charge in [0.1, 0.15) is 11.4 Å². The predicted molar refractivity (Wildman–Crippen MR) is 98.1 cm³/mol. The first-order valence-corrected chi connectivity index (χ1v) is 9.31. The Morgan fingerprint density at radius 2 is 1.81 bits per heavy atom. The Balaban J connectivity index is 1.57.